The van der Waals surface area contributed by atoms with Crippen LogP contribution >= 0.6 is 23.2 Å². The minimum absolute atomic E-state index is 0.00915. The molecule has 0 aliphatic rings. The Morgan fingerprint density at radius 2 is 1.62 bits per heavy atom. The number of hydrogen-bond acceptors (Lipinski definition) is 4. The van der Waals surface area contributed by atoms with Crippen LogP contribution in [-0.4, -0.2) is 37.5 Å². The summed E-state index contributed by atoms with van der Waals surface area (Å²) in [4.78, 5) is 29.7. The van der Waals surface area contributed by atoms with Gasteiger partial charge >= 0.3 is 5.97 Å². The lowest BCUT2D eigenvalue weighted by Crippen LogP contribution is -2.42. The zero-order valence-corrected chi connectivity index (χ0v) is 22.0. The van der Waals surface area contributed by atoms with Crippen LogP contribution in [-0.2, 0) is 17.6 Å². The highest BCUT2D eigenvalue weighted by Crippen LogP contribution is 2.26. The van der Waals surface area contributed by atoms with Gasteiger partial charge < -0.3 is 15.5 Å². The van der Waals surface area contributed by atoms with Crippen LogP contribution < -0.4 is 5.32 Å². The summed E-state index contributed by atoms with van der Waals surface area (Å²) in [6, 6.07) is 24.1. The number of benzene rings is 3. The van der Waals surface area contributed by atoms with Crippen molar-refractivity contribution in [2.45, 2.75) is 18.9 Å². The van der Waals surface area contributed by atoms with Crippen molar-refractivity contribution in [2.24, 2.45) is 0 Å². The fraction of sp³-hybridized carbons (Fsp3) is 0.100. The molecule has 39 heavy (non-hydrogen) atoms. The molecule has 3 N–H and O–H groups in total. The molecule has 0 unspecified atom stereocenters. The zero-order valence-electron chi connectivity index (χ0n) is 20.5. The zero-order chi connectivity index (χ0) is 27.5. The molecule has 0 bridgehead atoms. The topological polar surface area (TPSA) is 104 Å². The number of amides is 1. The molecule has 196 valence electrons. The van der Waals surface area contributed by atoms with Crippen molar-refractivity contribution in [3.63, 3.8) is 0 Å². The van der Waals surface area contributed by atoms with Crippen molar-refractivity contribution in [3.8, 4) is 16.9 Å². The number of carboxylic acids is 1. The summed E-state index contributed by atoms with van der Waals surface area (Å²) in [6.07, 6.45) is 2.26. The largest absolute Gasteiger partial charge is 0.508 e. The highest BCUT2D eigenvalue weighted by molar-refractivity contribution is 6.33. The van der Waals surface area contributed by atoms with Gasteiger partial charge in [-0.3, -0.25) is 9.20 Å². The van der Waals surface area contributed by atoms with Crippen molar-refractivity contribution in [1.29, 1.82) is 0 Å². The minimum atomic E-state index is -1.25. The van der Waals surface area contributed by atoms with E-state index in [1.165, 1.54) is 6.07 Å². The molecule has 0 aliphatic carbocycles. The van der Waals surface area contributed by atoms with E-state index in [1.54, 1.807) is 40.9 Å². The van der Waals surface area contributed by atoms with Crippen LogP contribution in [0.15, 0.2) is 91.1 Å². The van der Waals surface area contributed by atoms with Crippen LogP contribution in [0.25, 0.3) is 16.8 Å². The summed E-state index contributed by atoms with van der Waals surface area (Å²) in [7, 11) is 0. The van der Waals surface area contributed by atoms with E-state index in [0.717, 1.165) is 22.3 Å². The lowest BCUT2D eigenvalue weighted by molar-refractivity contribution is -0.139. The van der Waals surface area contributed by atoms with E-state index in [9.17, 15) is 19.8 Å². The Labute approximate surface area is 234 Å². The Kier molecular flexibility index (Phi) is 7.54. The maximum atomic E-state index is 13.2. The third kappa shape index (κ3) is 5.90. The van der Waals surface area contributed by atoms with Crippen LogP contribution in [0, 0.1) is 0 Å². The van der Waals surface area contributed by atoms with Crippen LogP contribution in [0.2, 0.25) is 10.2 Å². The molecule has 7 nitrogen and oxygen atoms in total. The van der Waals surface area contributed by atoms with Gasteiger partial charge in [-0.25, -0.2) is 9.78 Å². The molecule has 0 saturated carbocycles. The predicted octanol–water partition coefficient (Wildman–Crippen LogP) is 6.03. The molecule has 2 aromatic heterocycles. The Hall–Kier alpha value is -4.33. The smallest absolute Gasteiger partial charge is 0.326 e. The molecule has 0 saturated heterocycles. The molecule has 5 aromatic rings. The van der Waals surface area contributed by atoms with Gasteiger partial charge in [-0.15, -0.1) is 0 Å². The van der Waals surface area contributed by atoms with Gasteiger partial charge in [0, 0.05) is 17.6 Å². The number of nitrogens with zero attached hydrogens (tertiary/aromatic N) is 2. The predicted molar refractivity (Wildman–Crippen MR) is 151 cm³/mol. The number of carbonyl (C=O) groups is 2. The second kappa shape index (κ2) is 11.2. The number of hydrogen-bond donors (Lipinski definition) is 3. The molecule has 0 fully saturated rings. The third-order valence-electron chi connectivity index (χ3n) is 6.41. The van der Waals surface area contributed by atoms with E-state index in [2.05, 4.69) is 10.3 Å². The van der Waals surface area contributed by atoms with Gasteiger partial charge in [0.05, 0.1) is 0 Å². The van der Waals surface area contributed by atoms with Gasteiger partial charge in [0.1, 0.15) is 22.6 Å². The number of phenols is 1. The number of carboxylic acid groups (broad SMARTS) is 1. The molecule has 3 aromatic carbocycles. The van der Waals surface area contributed by atoms with Crippen molar-refractivity contribution < 1.29 is 19.8 Å². The van der Waals surface area contributed by atoms with Crippen LogP contribution in [0.4, 0.5) is 0 Å². The van der Waals surface area contributed by atoms with E-state index < -0.39 is 17.9 Å². The molecule has 1 atom stereocenters. The van der Waals surface area contributed by atoms with Crippen molar-refractivity contribution in [2.75, 3.05) is 0 Å². The van der Waals surface area contributed by atoms with Gasteiger partial charge in [-0.05, 0) is 70.6 Å². The number of nitrogens with one attached hydrogen (secondary N) is 1. The first-order valence-corrected chi connectivity index (χ1v) is 12.9. The standard InChI is InChI=1S/C30H23Cl2N3O4/c31-23-10-6-19(7-11-23)21-9-13-26-34-27(28(32)35(26)17-21)29(37)33-25(30(38)39)16-20-8-12-24(36)15-22(20)14-18-4-2-1-3-5-18/h1-13,15,17,25,36H,14,16H2,(H,33,37)(H,38,39)/t25-/m0/s1. The van der Waals surface area contributed by atoms with Gasteiger partial charge in [0.15, 0.2) is 5.69 Å². The minimum Gasteiger partial charge on any atom is -0.508 e. The first kappa shape index (κ1) is 26.3. The van der Waals surface area contributed by atoms with E-state index in [0.29, 0.717) is 22.7 Å². The van der Waals surface area contributed by atoms with Gasteiger partial charge in [0.2, 0.25) is 0 Å². The number of aliphatic carboxylic acids is 1. The maximum absolute atomic E-state index is 13.2. The maximum Gasteiger partial charge on any atom is 0.326 e. The van der Waals surface area contributed by atoms with E-state index in [-0.39, 0.29) is 23.0 Å². The van der Waals surface area contributed by atoms with E-state index >= 15 is 0 Å². The number of imidazole rings is 1. The number of phenolic OH excluding ortho intramolecular Hbond substituents is 1. The molecule has 0 aliphatic heterocycles. The monoisotopic (exact) mass is 559 g/mol. The van der Waals surface area contributed by atoms with Crippen LogP contribution in [0.5, 0.6) is 5.75 Å². The second-order valence-corrected chi connectivity index (χ2v) is 9.88. The molecule has 9 heteroatoms. The number of halogens is 2. The Morgan fingerprint density at radius 1 is 0.897 bits per heavy atom. The molecular weight excluding hydrogens is 537 g/mol. The summed E-state index contributed by atoms with van der Waals surface area (Å²) in [5.74, 6) is -1.82. The number of rotatable bonds is 8. The van der Waals surface area contributed by atoms with Crippen molar-refractivity contribution in [3.05, 3.63) is 124 Å². The number of pyridine rings is 1. The number of fused-ring (bicyclic) bond motifs is 1. The third-order valence-corrected chi connectivity index (χ3v) is 7.02. The van der Waals surface area contributed by atoms with Crippen molar-refractivity contribution >= 4 is 40.7 Å². The molecule has 1 amide bonds. The van der Waals surface area contributed by atoms with E-state index in [1.807, 2.05) is 48.5 Å². The summed E-state index contributed by atoms with van der Waals surface area (Å²) in [5, 5.41) is 23.2. The van der Waals surface area contributed by atoms with E-state index in [4.69, 9.17) is 23.2 Å². The quantitative estimate of drug-likeness (QED) is 0.215. The van der Waals surface area contributed by atoms with Crippen LogP contribution in [0.3, 0.4) is 0 Å². The fourth-order valence-corrected chi connectivity index (χ4v) is 4.80. The Balaban J connectivity index is 1.39. The summed E-state index contributed by atoms with van der Waals surface area (Å²) >= 11 is 12.5. The number of carbonyl (C=O) groups excluding carboxylic acids is 1. The highest BCUT2D eigenvalue weighted by Gasteiger charge is 2.26. The molecule has 0 radical (unpaired) electrons. The number of aromatic hydroxyl groups is 1. The van der Waals surface area contributed by atoms with Gasteiger partial charge in [-0.2, -0.15) is 0 Å². The Morgan fingerprint density at radius 3 is 2.33 bits per heavy atom. The molecule has 0 spiro atoms. The fourth-order valence-electron chi connectivity index (χ4n) is 4.41. The van der Waals surface area contributed by atoms with Crippen LogP contribution in [0.1, 0.15) is 27.2 Å². The average Bonchev–Trinajstić information content (AvgIpc) is 3.26. The Bertz CT molecular complexity index is 1670. The average molecular weight is 560 g/mol. The molecule has 5 rings (SSSR count). The molecular formula is C30H23Cl2N3O4. The van der Waals surface area contributed by atoms with Crippen molar-refractivity contribution in [1.82, 2.24) is 14.7 Å². The summed E-state index contributed by atoms with van der Waals surface area (Å²) in [5.41, 5.74) is 4.58. The normalized spacial score (nSPS) is 11.8. The molecule has 2 heterocycles. The first-order valence-electron chi connectivity index (χ1n) is 12.1. The summed E-state index contributed by atoms with van der Waals surface area (Å²) < 4.78 is 1.58. The SMILES string of the molecule is O=C(N[C@@H](Cc1ccc(O)cc1Cc1ccccc1)C(=O)O)c1nc2ccc(-c3ccc(Cl)cc3)cn2c1Cl. The number of aromatic nitrogens is 2. The first-order chi connectivity index (χ1) is 18.8. The van der Waals surface area contributed by atoms with Gasteiger partial charge in [-0.1, -0.05) is 71.7 Å². The lowest BCUT2D eigenvalue weighted by Gasteiger charge is -2.17. The highest BCUT2D eigenvalue weighted by atomic mass is 35.5. The second-order valence-electron chi connectivity index (χ2n) is 9.09. The van der Waals surface area contributed by atoms with Gasteiger partial charge in [0.25, 0.3) is 5.91 Å². The summed E-state index contributed by atoms with van der Waals surface area (Å²) in [6.45, 7) is 0. The lowest BCUT2D eigenvalue weighted by atomic mass is 9.95.